The minimum atomic E-state index is 0.370. The summed E-state index contributed by atoms with van der Waals surface area (Å²) in [6.45, 7) is 7.27. The molecule has 1 rings (SSSR count). The van der Waals surface area contributed by atoms with Crippen LogP contribution in [0.2, 0.25) is 0 Å². The van der Waals surface area contributed by atoms with Crippen LogP contribution in [0.4, 0.5) is 0 Å². The highest BCUT2D eigenvalue weighted by Crippen LogP contribution is 2.14. The second kappa shape index (κ2) is 12.0. The van der Waals surface area contributed by atoms with E-state index in [1.54, 1.807) is 0 Å². The van der Waals surface area contributed by atoms with Gasteiger partial charge in [0.15, 0.2) is 0 Å². The number of nitrogens with zero attached hydrogens (tertiary/aromatic N) is 1. The van der Waals surface area contributed by atoms with Gasteiger partial charge < -0.3 is 10.2 Å². The van der Waals surface area contributed by atoms with E-state index in [2.05, 4.69) is 24.1 Å². The molecule has 1 heterocycles. The Kier molecular flexibility index (Phi) is 10.6. The van der Waals surface area contributed by atoms with Gasteiger partial charge in [0.25, 0.3) is 0 Å². The molecule has 0 radical (unpaired) electrons. The van der Waals surface area contributed by atoms with Crippen LogP contribution >= 0.6 is 0 Å². The van der Waals surface area contributed by atoms with Gasteiger partial charge in [-0.2, -0.15) is 0 Å². The topological polar surface area (TPSA) is 32.3 Å². The second-order valence-electron chi connectivity index (χ2n) is 6.40. The van der Waals surface area contributed by atoms with E-state index >= 15 is 0 Å². The first-order valence-electron chi connectivity index (χ1n) is 9.29. The number of hydrogen-bond donors (Lipinski definition) is 1. The number of amides is 1. The van der Waals surface area contributed by atoms with Gasteiger partial charge in [-0.25, -0.2) is 0 Å². The summed E-state index contributed by atoms with van der Waals surface area (Å²) in [5, 5.41) is 3.35. The Balaban J connectivity index is 1.99. The van der Waals surface area contributed by atoms with Crippen LogP contribution in [-0.4, -0.2) is 36.5 Å². The van der Waals surface area contributed by atoms with Crippen LogP contribution in [0.5, 0.6) is 0 Å². The maximum atomic E-state index is 12.3. The lowest BCUT2D eigenvalue weighted by atomic mass is 10.1. The number of unbranched alkanes of at least 4 members (excludes halogenated alkanes) is 8. The van der Waals surface area contributed by atoms with E-state index in [-0.39, 0.29) is 0 Å². The fourth-order valence-electron chi connectivity index (χ4n) is 3.27. The molecule has 1 amide bonds. The highest BCUT2D eigenvalue weighted by atomic mass is 16.2. The van der Waals surface area contributed by atoms with E-state index in [1.165, 1.54) is 51.4 Å². The molecule has 1 aliphatic heterocycles. The lowest BCUT2D eigenvalue weighted by Crippen LogP contribution is -2.41. The van der Waals surface area contributed by atoms with E-state index in [0.717, 1.165) is 38.9 Å². The molecule has 0 saturated carbocycles. The van der Waals surface area contributed by atoms with Gasteiger partial charge in [-0.3, -0.25) is 4.79 Å². The minimum absolute atomic E-state index is 0.370. The second-order valence-corrected chi connectivity index (χ2v) is 6.40. The Morgan fingerprint density at radius 3 is 2.14 bits per heavy atom. The molecule has 3 heteroatoms. The summed E-state index contributed by atoms with van der Waals surface area (Å²) < 4.78 is 0. The molecule has 1 atom stereocenters. The molecule has 0 aromatic heterocycles. The van der Waals surface area contributed by atoms with Gasteiger partial charge in [0.05, 0.1) is 0 Å². The van der Waals surface area contributed by atoms with E-state index in [0.29, 0.717) is 11.9 Å². The number of rotatable bonds is 12. The number of carbonyl (C=O) groups is 1. The maximum absolute atomic E-state index is 12.3. The van der Waals surface area contributed by atoms with Crippen molar-refractivity contribution in [3.05, 3.63) is 0 Å². The summed E-state index contributed by atoms with van der Waals surface area (Å²) >= 11 is 0. The predicted molar refractivity (Wildman–Crippen MR) is 90.5 cm³/mol. The predicted octanol–water partition coefficient (Wildman–Crippen LogP) is 4.12. The Morgan fingerprint density at radius 1 is 1.00 bits per heavy atom. The average molecular weight is 296 g/mol. The molecule has 3 nitrogen and oxygen atoms in total. The molecule has 0 bridgehead atoms. The van der Waals surface area contributed by atoms with Crippen LogP contribution in [0.1, 0.15) is 84.5 Å². The van der Waals surface area contributed by atoms with E-state index < -0.39 is 0 Å². The van der Waals surface area contributed by atoms with Crippen molar-refractivity contribution in [1.29, 1.82) is 0 Å². The molecule has 1 N–H and O–H groups in total. The van der Waals surface area contributed by atoms with Crippen molar-refractivity contribution in [2.24, 2.45) is 0 Å². The van der Waals surface area contributed by atoms with Crippen molar-refractivity contribution in [2.75, 3.05) is 19.6 Å². The number of hydrogen-bond acceptors (Lipinski definition) is 2. The van der Waals surface area contributed by atoms with Crippen LogP contribution in [0.3, 0.4) is 0 Å². The molecule has 0 aromatic carbocycles. The molecule has 0 spiro atoms. The number of nitrogens with one attached hydrogen (secondary N) is 1. The standard InChI is InChI=1S/C18H36N2O/c1-3-5-6-7-8-9-10-11-12-13-18(21)20(4-2)17-14-15-19-16-17/h17,19H,3-16H2,1-2H3. The Morgan fingerprint density at radius 2 is 1.62 bits per heavy atom. The van der Waals surface area contributed by atoms with Crippen LogP contribution in [0, 0.1) is 0 Å². The van der Waals surface area contributed by atoms with Crippen molar-refractivity contribution in [2.45, 2.75) is 90.5 Å². The van der Waals surface area contributed by atoms with Gasteiger partial charge in [-0.05, 0) is 26.3 Å². The van der Waals surface area contributed by atoms with Crippen LogP contribution < -0.4 is 5.32 Å². The zero-order valence-electron chi connectivity index (χ0n) is 14.3. The van der Waals surface area contributed by atoms with Crippen molar-refractivity contribution < 1.29 is 4.79 Å². The summed E-state index contributed by atoms with van der Waals surface area (Å²) in [4.78, 5) is 14.4. The third-order valence-electron chi connectivity index (χ3n) is 4.63. The fourth-order valence-corrected chi connectivity index (χ4v) is 3.27. The molecule has 0 aliphatic carbocycles. The fraction of sp³-hybridized carbons (Fsp3) is 0.944. The van der Waals surface area contributed by atoms with Crippen LogP contribution in [0.15, 0.2) is 0 Å². The first kappa shape index (κ1) is 18.5. The highest BCUT2D eigenvalue weighted by molar-refractivity contribution is 5.76. The molecule has 1 saturated heterocycles. The zero-order chi connectivity index (χ0) is 15.3. The third-order valence-corrected chi connectivity index (χ3v) is 4.63. The van der Waals surface area contributed by atoms with Gasteiger partial charge in [0.2, 0.25) is 5.91 Å². The molecule has 1 aliphatic rings. The summed E-state index contributed by atoms with van der Waals surface area (Å²) in [5.41, 5.74) is 0. The monoisotopic (exact) mass is 296 g/mol. The Bertz CT molecular complexity index is 262. The van der Waals surface area contributed by atoms with Crippen molar-refractivity contribution in [3.63, 3.8) is 0 Å². The lowest BCUT2D eigenvalue weighted by Gasteiger charge is -2.27. The molecule has 1 fully saturated rings. The van der Waals surface area contributed by atoms with Crippen LogP contribution in [-0.2, 0) is 4.79 Å². The summed E-state index contributed by atoms with van der Waals surface area (Å²) in [7, 11) is 0. The lowest BCUT2D eigenvalue weighted by molar-refractivity contribution is -0.133. The van der Waals surface area contributed by atoms with Crippen LogP contribution in [0.25, 0.3) is 0 Å². The molecular weight excluding hydrogens is 260 g/mol. The number of carbonyl (C=O) groups excluding carboxylic acids is 1. The smallest absolute Gasteiger partial charge is 0.222 e. The van der Waals surface area contributed by atoms with Crippen molar-refractivity contribution in [1.82, 2.24) is 10.2 Å². The number of likely N-dealkylation sites (N-methyl/N-ethyl adjacent to an activating group) is 1. The molecule has 124 valence electrons. The van der Waals surface area contributed by atoms with Gasteiger partial charge >= 0.3 is 0 Å². The summed E-state index contributed by atoms with van der Waals surface area (Å²) in [5.74, 6) is 0.370. The first-order chi connectivity index (χ1) is 10.3. The van der Waals surface area contributed by atoms with Gasteiger partial charge in [-0.15, -0.1) is 0 Å². The molecule has 0 aromatic rings. The SMILES string of the molecule is CCCCCCCCCCCC(=O)N(CC)C1CCNC1. The highest BCUT2D eigenvalue weighted by Gasteiger charge is 2.24. The average Bonchev–Trinajstić information content (AvgIpc) is 3.00. The van der Waals surface area contributed by atoms with E-state index in [1.807, 2.05) is 0 Å². The van der Waals surface area contributed by atoms with E-state index in [9.17, 15) is 4.79 Å². The summed E-state index contributed by atoms with van der Waals surface area (Å²) in [6, 6.07) is 0.445. The maximum Gasteiger partial charge on any atom is 0.222 e. The normalized spacial score (nSPS) is 18.1. The molecule has 21 heavy (non-hydrogen) atoms. The van der Waals surface area contributed by atoms with E-state index in [4.69, 9.17) is 0 Å². The van der Waals surface area contributed by atoms with Gasteiger partial charge in [0.1, 0.15) is 0 Å². The van der Waals surface area contributed by atoms with Gasteiger partial charge in [-0.1, -0.05) is 58.3 Å². The summed E-state index contributed by atoms with van der Waals surface area (Å²) in [6.07, 6.45) is 13.7. The van der Waals surface area contributed by atoms with Gasteiger partial charge in [0, 0.05) is 25.6 Å². The Hall–Kier alpha value is -0.570. The largest absolute Gasteiger partial charge is 0.339 e. The first-order valence-corrected chi connectivity index (χ1v) is 9.29. The van der Waals surface area contributed by atoms with Crippen molar-refractivity contribution in [3.8, 4) is 0 Å². The Labute approximate surface area is 131 Å². The quantitative estimate of drug-likeness (QED) is 0.549. The minimum Gasteiger partial charge on any atom is -0.339 e. The zero-order valence-corrected chi connectivity index (χ0v) is 14.3. The molecule has 1 unspecified atom stereocenters. The third kappa shape index (κ3) is 7.85. The van der Waals surface area contributed by atoms with Crippen molar-refractivity contribution >= 4 is 5.91 Å². The molecular formula is C18H36N2O.